The molecule has 3 nitrogen and oxygen atoms in total. The highest BCUT2D eigenvalue weighted by atomic mass is 35.5. The molecule has 0 aliphatic rings. The molecule has 0 fully saturated rings. The Morgan fingerprint density at radius 1 is 1.36 bits per heavy atom. The first-order valence-electron chi connectivity index (χ1n) is 3.17. The van der Waals surface area contributed by atoms with E-state index in [0.717, 1.165) is 10.9 Å². The van der Waals surface area contributed by atoms with Gasteiger partial charge in [0.15, 0.2) is 5.15 Å². The highest BCUT2D eigenvalue weighted by Gasteiger charge is 2.03. The Bertz CT molecular complexity index is 357. The molecule has 1 aromatic heterocycles. The minimum Gasteiger partial charge on any atom is -0.323 e. The molecule has 2 rings (SSSR count). The summed E-state index contributed by atoms with van der Waals surface area (Å²) in [6, 6.07) is 7.54. The van der Waals surface area contributed by atoms with Gasteiger partial charge >= 0.3 is 0 Å². The van der Waals surface area contributed by atoms with Crippen molar-refractivity contribution in [3.8, 4) is 0 Å². The van der Waals surface area contributed by atoms with Crippen molar-refractivity contribution in [1.82, 2.24) is 9.89 Å². The second-order valence-electron chi connectivity index (χ2n) is 2.25. The van der Waals surface area contributed by atoms with Gasteiger partial charge in [-0.25, -0.2) is 0 Å². The number of fused-ring (bicyclic) bond motifs is 1. The van der Waals surface area contributed by atoms with Crippen molar-refractivity contribution < 1.29 is 0 Å². The summed E-state index contributed by atoms with van der Waals surface area (Å²) in [4.78, 5) is 1.28. The van der Waals surface area contributed by atoms with Crippen molar-refractivity contribution >= 4 is 22.5 Å². The SMILES string of the molecule is Nn1nc(Cl)c2ccccc21. The van der Waals surface area contributed by atoms with Crippen LogP contribution in [0, 0.1) is 0 Å². The van der Waals surface area contributed by atoms with E-state index in [2.05, 4.69) is 5.10 Å². The van der Waals surface area contributed by atoms with Gasteiger partial charge < -0.3 is 5.84 Å². The Labute approximate surface area is 68.3 Å². The topological polar surface area (TPSA) is 43.8 Å². The molecular formula is C7H6ClN3. The number of nitrogens with zero attached hydrogens (tertiary/aromatic N) is 2. The van der Waals surface area contributed by atoms with Crippen LogP contribution in [0.25, 0.3) is 10.9 Å². The van der Waals surface area contributed by atoms with Gasteiger partial charge in [-0.3, -0.25) is 0 Å². The molecule has 56 valence electrons. The number of halogens is 1. The summed E-state index contributed by atoms with van der Waals surface area (Å²) < 4.78 is 0. The Hall–Kier alpha value is -1.22. The summed E-state index contributed by atoms with van der Waals surface area (Å²) >= 11 is 5.77. The fraction of sp³-hybridized carbons (Fsp3) is 0. The number of hydrogen-bond donors (Lipinski definition) is 1. The number of nitrogens with two attached hydrogens (primary N) is 1. The molecule has 0 unspecified atom stereocenters. The summed E-state index contributed by atoms with van der Waals surface area (Å²) in [5.74, 6) is 5.50. The minimum absolute atomic E-state index is 0.447. The van der Waals surface area contributed by atoms with Gasteiger partial charge in [0.1, 0.15) is 0 Å². The fourth-order valence-corrected chi connectivity index (χ4v) is 1.29. The van der Waals surface area contributed by atoms with Gasteiger partial charge in [0, 0.05) is 5.39 Å². The third-order valence-electron chi connectivity index (χ3n) is 1.57. The molecule has 0 bridgehead atoms. The lowest BCUT2D eigenvalue weighted by molar-refractivity contribution is 0.863. The van der Waals surface area contributed by atoms with E-state index in [-0.39, 0.29) is 0 Å². The third-order valence-corrected chi connectivity index (χ3v) is 1.85. The van der Waals surface area contributed by atoms with Gasteiger partial charge in [0.25, 0.3) is 0 Å². The molecule has 1 heterocycles. The monoisotopic (exact) mass is 167 g/mol. The van der Waals surface area contributed by atoms with E-state index >= 15 is 0 Å². The van der Waals surface area contributed by atoms with Crippen molar-refractivity contribution in [3.63, 3.8) is 0 Å². The molecule has 4 heteroatoms. The quantitative estimate of drug-likeness (QED) is 0.603. The van der Waals surface area contributed by atoms with Gasteiger partial charge in [0.2, 0.25) is 0 Å². The average molecular weight is 168 g/mol. The lowest BCUT2D eigenvalue weighted by atomic mass is 10.3. The van der Waals surface area contributed by atoms with E-state index in [1.54, 1.807) is 0 Å². The van der Waals surface area contributed by atoms with Crippen molar-refractivity contribution in [1.29, 1.82) is 0 Å². The maximum atomic E-state index is 5.77. The van der Waals surface area contributed by atoms with E-state index in [9.17, 15) is 0 Å². The number of para-hydroxylation sites is 1. The first-order valence-corrected chi connectivity index (χ1v) is 3.55. The predicted molar refractivity (Wildman–Crippen MR) is 44.9 cm³/mol. The van der Waals surface area contributed by atoms with E-state index in [0.29, 0.717) is 5.15 Å². The van der Waals surface area contributed by atoms with Crippen LogP contribution in [0.15, 0.2) is 24.3 Å². The number of nitrogen functional groups attached to an aromatic ring is 1. The van der Waals surface area contributed by atoms with Crippen LogP contribution in [0.4, 0.5) is 0 Å². The maximum absolute atomic E-state index is 5.77. The van der Waals surface area contributed by atoms with Crippen molar-refractivity contribution in [3.05, 3.63) is 29.4 Å². The second kappa shape index (κ2) is 2.13. The normalized spacial score (nSPS) is 10.6. The van der Waals surface area contributed by atoms with E-state index in [4.69, 9.17) is 17.4 Å². The minimum atomic E-state index is 0.447. The second-order valence-corrected chi connectivity index (χ2v) is 2.61. The van der Waals surface area contributed by atoms with Crippen LogP contribution in [0.2, 0.25) is 5.15 Å². The molecule has 0 spiro atoms. The number of aromatic nitrogens is 2. The van der Waals surface area contributed by atoms with Crippen LogP contribution in [0.3, 0.4) is 0 Å². The first kappa shape index (κ1) is 6.49. The van der Waals surface area contributed by atoms with Gasteiger partial charge in [-0.1, -0.05) is 23.7 Å². The Morgan fingerprint density at radius 3 is 2.82 bits per heavy atom. The highest BCUT2D eigenvalue weighted by molar-refractivity contribution is 6.34. The molecule has 2 N–H and O–H groups in total. The van der Waals surface area contributed by atoms with Gasteiger partial charge in [-0.2, -0.15) is 4.79 Å². The van der Waals surface area contributed by atoms with Crippen LogP contribution in [0.1, 0.15) is 0 Å². The zero-order chi connectivity index (χ0) is 7.84. The largest absolute Gasteiger partial charge is 0.323 e. The maximum Gasteiger partial charge on any atom is 0.161 e. The lowest BCUT2D eigenvalue weighted by Gasteiger charge is -1.89. The molecule has 0 atom stereocenters. The summed E-state index contributed by atoms with van der Waals surface area (Å²) in [5, 5.41) is 5.18. The summed E-state index contributed by atoms with van der Waals surface area (Å²) in [6.45, 7) is 0. The van der Waals surface area contributed by atoms with Crippen LogP contribution >= 0.6 is 11.6 Å². The standard InChI is InChI=1S/C7H6ClN3/c8-7-5-3-1-2-4-6(5)11(9)10-7/h1-4H,9H2. The average Bonchev–Trinajstić information content (AvgIpc) is 2.30. The fourth-order valence-electron chi connectivity index (χ4n) is 1.05. The van der Waals surface area contributed by atoms with Crippen LogP contribution in [0.5, 0.6) is 0 Å². The molecule has 0 aliphatic carbocycles. The number of benzene rings is 1. The Balaban J connectivity index is 2.95. The lowest BCUT2D eigenvalue weighted by Crippen LogP contribution is -2.08. The predicted octanol–water partition coefficient (Wildman–Crippen LogP) is 1.40. The van der Waals surface area contributed by atoms with Crippen molar-refractivity contribution in [2.45, 2.75) is 0 Å². The number of rotatable bonds is 0. The van der Waals surface area contributed by atoms with Gasteiger partial charge in [-0.05, 0) is 12.1 Å². The van der Waals surface area contributed by atoms with E-state index in [1.165, 1.54) is 4.79 Å². The summed E-state index contributed by atoms with van der Waals surface area (Å²) in [6.07, 6.45) is 0. The van der Waals surface area contributed by atoms with Gasteiger partial charge in [-0.15, -0.1) is 5.10 Å². The zero-order valence-electron chi connectivity index (χ0n) is 5.66. The van der Waals surface area contributed by atoms with Crippen molar-refractivity contribution in [2.75, 3.05) is 5.84 Å². The molecule has 0 radical (unpaired) electrons. The first-order chi connectivity index (χ1) is 5.29. The Morgan fingerprint density at radius 2 is 2.09 bits per heavy atom. The van der Waals surface area contributed by atoms with Crippen LogP contribution in [-0.2, 0) is 0 Å². The summed E-state index contributed by atoms with van der Waals surface area (Å²) in [5.41, 5.74) is 0.845. The molecule has 0 amide bonds. The van der Waals surface area contributed by atoms with E-state index in [1.807, 2.05) is 24.3 Å². The number of hydrogen-bond acceptors (Lipinski definition) is 2. The van der Waals surface area contributed by atoms with Crippen LogP contribution < -0.4 is 5.84 Å². The van der Waals surface area contributed by atoms with Crippen LogP contribution in [-0.4, -0.2) is 9.89 Å². The Kier molecular flexibility index (Phi) is 1.26. The zero-order valence-corrected chi connectivity index (χ0v) is 6.42. The van der Waals surface area contributed by atoms with Gasteiger partial charge in [0.05, 0.1) is 5.52 Å². The van der Waals surface area contributed by atoms with E-state index < -0.39 is 0 Å². The third kappa shape index (κ3) is 0.851. The molecule has 0 aliphatic heterocycles. The molecule has 0 saturated heterocycles. The molecular weight excluding hydrogens is 162 g/mol. The van der Waals surface area contributed by atoms with Crippen molar-refractivity contribution in [2.24, 2.45) is 0 Å². The molecule has 11 heavy (non-hydrogen) atoms. The summed E-state index contributed by atoms with van der Waals surface area (Å²) in [7, 11) is 0. The highest BCUT2D eigenvalue weighted by Crippen LogP contribution is 2.20. The molecule has 1 aromatic carbocycles. The smallest absolute Gasteiger partial charge is 0.161 e. The molecule has 2 aromatic rings. The molecule has 0 saturated carbocycles.